The van der Waals surface area contributed by atoms with Gasteiger partial charge < -0.3 is 30.5 Å². The molecule has 0 aliphatic carbocycles. The Hall–Kier alpha value is -2.04. The molecule has 1 aliphatic heterocycles. The molecule has 0 amide bonds. The van der Waals surface area contributed by atoms with Crippen LogP contribution >= 0.6 is 0 Å². The van der Waals surface area contributed by atoms with Crippen molar-refractivity contribution in [3.63, 3.8) is 0 Å². The summed E-state index contributed by atoms with van der Waals surface area (Å²) >= 11 is 0. The fourth-order valence-corrected chi connectivity index (χ4v) is 2.50. The first kappa shape index (κ1) is 15.8. The molecule has 1 saturated heterocycles. The molecule has 0 spiro atoms. The number of aliphatic hydroxyl groups excluding tert-OH is 4. The third-order valence-corrected chi connectivity index (χ3v) is 3.80. The topological polar surface area (TPSA) is 137 Å². The van der Waals surface area contributed by atoms with E-state index in [-0.39, 0.29) is 5.69 Å². The predicted molar refractivity (Wildman–Crippen MR) is 78.9 cm³/mol. The molecule has 1 fully saturated rings. The third-order valence-electron chi connectivity index (χ3n) is 3.80. The van der Waals surface area contributed by atoms with E-state index in [2.05, 4.69) is 10.3 Å². The van der Waals surface area contributed by atoms with Gasteiger partial charge in [0.2, 0.25) is 0 Å². The molecule has 9 heteroatoms. The number of anilines is 1. The number of hydrogen-bond acceptors (Lipinski definition) is 8. The minimum Gasteiger partial charge on any atom is -0.394 e. The Morgan fingerprint density at radius 3 is 2.74 bits per heavy atom. The molecule has 1 aliphatic rings. The van der Waals surface area contributed by atoms with Crippen molar-refractivity contribution in [3.05, 3.63) is 40.9 Å². The van der Waals surface area contributed by atoms with Crippen molar-refractivity contribution in [3.8, 4) is 0 Å². The lowest BCUT2D eigenvalue weighted by molar-refractivity contribution is -0.221. The van der Waals surface area contributed by atoms with Crippen LogP contribution in [-0.4, -0.2) is 67.1 Å². The van der Waals surface area contributed by atoms with Crippen molar-refractivity contribution >= 4 is 11.3 Å². The molecule has 9 nitrogen and oxygen atoms in total. The Bertz CT molecular complexity index is 749. The van der Waals surface area contributed by atoms with E-state index in [1.807, 2.05) is 0 Å². The van der Waals surface area contributed by atoms with Gasteiger partial charge in [-0.15, -0.1) is 0 Å². The van der Waals surface area contributed by atoms with Crippen molar-refractivity contribution in [2.75, 3.05) is 11.9 Å². The SMILES string of the molecule is O=c1c(NC2O[C@H](CO)[C@@H](O)[C@H](O)[C@H]2O)cnc2ccccn12. The molecule has 0 bridgehead atoms. The van der Waals surface area contributed by atoms with E-state index < -0.39 is 42.8 Å². The highest BCUT2D eigenvalue weighted by Crippen LogP contribution is 2.21. The molecular formula is C14H17N3O6. The Balaban J connectivity index is 1.89. The molecule has 3 heterocycles. The monoisotopic (exact) mass is 323 g/mol. The van der Waals surface area contributed by atoms with Crippen LogP contribution in [0.3, 0.4) is 0 Å². The molecule has 1 unspecified atom stereocenters. The number of ether oxygens (including phenoxy) is 1. The first-order valence-corrected chi connectivity index (χ1v) is 7.06. The minimum atomic E-state index is -1.52. The summed E-state index contributed by atoms with van der Waals surface area (Å²) in [4.78, 5) is 16.5. The van der Waals surface area contributed by atoms with Gasteiger partial charge in [0.05, 0.1) is 12.8 Å². The van der Waals surface area contributed by atoms with E-state index in [9.17, 15) is 20.1 Å². The zero-order chi connectivity index (χ0) is 16.6. The highest BCUT2D eigenvalue weighted by molar-refractivity contribution is 5.47. The summed E-state index contributed by atoms with van der Waals surface area (Å²) in [6, 6.07) is 5.08. The lowest BCUT2D eigenvalue weighted by atomic mass is 9.98. The van der Waals surface area contributed by atoms with Crippen LogP contribution in [-0.2, 0) is 4.74 Å². The van der Waals surface area contributed by atoms with Gasteiger partial charge in [0.25, 0.3) is 5.56 Å². The zero-order valence-corrected chi connectivity index (χ0v) is 12.0. The lowest BCUT2D eigenvalue weighted by Crippen LogP contribution is -2.60. The second kappa shape index (κ2) is 6.22. The Kier molecular flexibility index (Phi) is 4.28. The minimum absolute atomic E-state index is 0.0537. The van der Waals surface area contributed by atoms with Gasteiger partial charge in [-0.25, -0.2) is 4.98 Å². The normalized spacial score (nSPS) is 31.2. The predicted octanol–water partition coefficient (Wildman–Crippen LogP) is -2.09. The van der Waals surface area contributed by atoms with E-state index in [4.69, 9.17) is 9.84 Å². The standard InChI is InChI=1S/C14H17N3O6/c18-6-8-10(19)11(20)12(21)13(23-8)16-7-5-15-9-3-1-2-4-17(9)14(7)22/h1-5,8,10-13,16,18-21H,6H2/t8-,10-,11+,12-,13?/m1/s1. The highest BCUT2D eigenvalue weighted by atomic mass is 16.6. The molecular weight excluding hydrogens is 306 g/mol. The first-order valence-electron chi connectivity index (χ1n) is 7.06. The van der Waals surface area contributed by atoms with Crippen LogP contribution in [0.2, 0.25) is 0 Å². The number of hydrogen-bond donors (Lipinski definition) is 5. The number of aromatic nitrogens is 2. The molecule has 0 aromatic carbocycles. The zero-order valence-electron chi connectivity index (χ0n) is 12.0. The molecule has 23 heavy (non-hydrogen) atoms. The van der Waals surface area contributed by atoms with Gasteiger partial charge in [0.15, 0.2) is 6.23 Å². The van der Waals surface area contributed by atoms with Crippen molar-refractivity contribution in [1.29, 1.82) is 0 Å². The number of nitrogens with zero attached hydrogens (tertiary/aromatic N) is 2. The summed E-state index contributed by atoms with van der Waals surface area (Å²) in [5, 5.41) is 41.3. The van der Waals surface area contributed by atoms with E-state index in [1.165, 1.54) is 10.6 Å². The van der Waals surface area contributed by atoms with Crippen LogP contribution in [0.1, 0.15) is 0 Å². The van der Waals surface area contributed by atoms with E-state index in [1.54, 1.807) is 24.4 Å². The molecule has 5 atom stereocenters. The largest absolute Gasteiger partial charge is 0.394 e. The maximum atomic E-state index is 12.4. The number of rotatable bonds is 3. The van der Waals surface area contributed by atoms with E-state index in [0.717, 1.165) is 0 Å². The molecule has 2 aromatic rings. The summed E-state index contributed by atoms with van der Waals surface area (Å²) in [6.07, 6.45) is -3.85. The van der Waals surface area contributed by atoms with Crippen LogP contribution in [0.4, 0.5) is 5.69 Å². The van der Waals surface area contributed by atoms with Crippen LogP contribution in [0.25, 0.3) is 5.65 Å². The van der Waals surface area contributed by atoms with Crippen LogP contribution < -0.4 is 10.9 Å². The number of nitrogens with one attached hydrogen (secondary N) is 1. The number of pyridine rings is 1. The van der Waals surface area contributed by atoms with Gasteiger partial charge in [0.1, 0.15) is 35.8 Å². The van der Waals surface area contributed by atoms with Crippen molar-refractivity contribution in [2.24, 2.45) is 0 Å². The summed E-state index contributed by atoms with van der Waals surface area (Å²) in [5.41, 5.74) is 0.0995. The fraction of sp³-hybridized carbons (Fsp3) is 0.429. The third kappa shape index (κ3) is 2.80. The average Bonchev–Trinajstić information content (AvgIpc) is 2.57. The van der Waals surface area contributed by atoms with Crippen molar-refractivity contribution < 1.29 is 25.2 Å². The summed E-state index contributed by atoms with van der Waals surface area (Å²) in [7, 11) is 0. The smallest absolute Gasteiger partial charge is 0.281 e. The number of aliphatic hydroxyl groups is 4. The Morgan fingerprint density at radius 2 is 2.00 bits per heavy atom. The molecule has 2 aromatic heterocycles. The maximum Gasteiger partial charge on any atom is 0.281 e. The van der Waals surface area contributed by atoms with Gasteiger partial charge in [-0.1, -0.05) is 6.07 Å². The average molecular weight is 323 g/mol. The molecule has 0 radical (unpaired) electrons. The summed E-state index contributed by atoms with van der Waals surface area (Å²) in [6.45, 7) is -0.544. The number of fused-ring (bicyclic) bond motifs is 1. The molecule has 0 saturated carbocycles. The van der Waals surface area contributed by atoms with E-state index in [0.29, 0.717) is 5.65 Å². The van der Waals surface area contributed by atoms with Gasteiger partial charge in [-0.3, -0.25) is 9.20 Å². The van der Waals surface area contributed by atoms with Crippen LogP contribution in [0, 0.1) is 0 Å². The van der Waals surface area contributed by atoms with Gasteiger partial charge in [-0.2, -0.15) is 0 Å². The second-order valence-electron chi connectivity index (χ2n) is 5.30. The van der Waals surface area contributed by atoms with Crippen molar-refractivity contribution in [1.82, 2.24) is 9.38 Å². The molecule has 124 valence electrons. The van der Waals surface area contributed by atoms with Crippen molar-refractivity contribution in [2.45, 2.75) is 30.6 Å². The second-order valence-corrected chi connectivity index (χ2v) is 5.30. The van der Waals surface area contributed by atoms with Gasteiger partial charge in [0, 0.05) is 6.20 Å². The maximum absolute atomic E-state index is 12.4. The lowest BCUT2D eigenvalue weighted by Gasteiger charge is -2.40. The molecule has 3 rings (SSSR count). The highest BCUT2D eigenvalue weighted by Gasteiger charge is 2.43. The van der Waals surface area contributed by atoms with Gasteiger partial charge in [-0.05, 0) is 12.1 Å². The molecule has 5 N–H and O–H groups in total. The quantitative estimate of drug-likeness (QED) is 0.433. The summed E-state index contributed by atoms with van der Waals surface area (Å²) in [5.74, 6) is 0. The first-order chi connectivity index (χ1) is 11.0. The summed E-state index contributed by atoms with van der Waals surface area (Å²) < 4.78 is 6.62. The fourth-order valence-electron chi connectivity index (χ4n) is 2.50. The van der Waals surface area contributed by atoms with Crippen LogP contribution in [0.5, 0.6) is 0 Å². The van der Waals surface area contributed by atoms with Crippen LogP contribution in [0.15, 0.2) is 35.4 Å². The van der Waals surface area contributed by atoms with E-state index >= 15 is 0 Å². The Labute approximate surface area is 130 Å². The Morgan fingerprint density at radius 1 is 1.22 bits per heavy atom. The van der Waals surface area contributed by atoms with Gasteiger partial charge >= 0.3 is 0 Å².